The molecule has 1 aliphatic heterocycles. The lowest BCUT2D eigenvalue weighted by Crippen LogP contribution is -2.36. The van der Waals surface area contributed by atoms with Gasteiger partial charge >= 0.3 is 0 Å². The first-order chi connectivity index (χ1) is 9.16. The van der Waals surface area contributed by atoms with Gasteiger partial charge in [-0.2, -0.15) is 0 Å². The summed E-state index contributed by atoms with van der Waals surface area (Å²) in [7, 11) is 0. The average molecular weight is 278 g/mol. The number of carbonyl (C=O) groups excluding carboxylic acids is 2. The minimum atomic E-state index is 0.00782. The van der Waals surface area contributed by atoms with Gasteiger partial charge in [0.2, 0.25) is 5.91 Å². The number of amides is 1. The number of rotatable bonds is 4. The van der Waals surface area contributed by atoms with Gasteiger partial charge in [-0.1, -0.05) is 11.8 Å². The zero-order chi connectivity index (χ0) is 13.7. The molecule has 0 saturated carbocycles. The van der Waals surface area contributed by atoms with Crippen LogP contribution in [0.2, 0.25) is 0 Å². The number of thioether (sulfide) groups is 1. The fourth-order valence-electron chi connectivity index (χ4n) is 2.04. The Bertz CT molecular complexity index is 453. The van der Waals surface area contributed by atoms with Gasteiger partial charge < -0.3 is 4.90 Å². The first-order valence-corrected chi connectivity index (χ1v) is 7.53. The number of nitrogens with zero attached hydrogens (tertiary/aromatic N) is 2. The van der Waals surface area contributed by atoms with Crippen molar-refractivity contribution in [1.82, 2.24) is 9.88 Å². The predicted octanol–water partition coefficient (Wildman–Crippen LogP) is 2.39. The third-order valence-corrected chi connectivity index (χ3v) is 4.12. The molecular formula is C14H18N2O2S. The molecule has 4 nitrogen and oxygen atoms in total. The standard InChI is InChI=1S/C14H18N2O2S/c1-11(17)12-5-6-13(15-9-12)19-10-14(18)16-7-3-2-4-8-16/h5-6,9H,2-4,7-8,10H2,1H3. The summed E-state index contributed by atoms with van der Waals surface area (Å²) in [5.74, 6) is 0.613. The highest BCUT2D eigenvalue weighted by Crippen LogP contribution is 2.17. The normalized spacial score (nSPS) is 15.3. The molecule has 5 heteroatoms. The van der Waals surface area contributed by atoms with Crippen LogP contribution in [0.1, 0.15) is 36.5 Å². The van der Waals surface area contributed by atoms with E-state index < -0.39 is 0 Å². The van der Waals surface area contributed by atoms with Crippen molar-refractivity contribution in [2.24, 2.45) is 0 Å². The van der Waals surface area contributed by atoms with E-state index in [0.29, 0.717) is 11.3 Å². The van der Waals surface area contributed by atoms with Crippen molar-refractivity contribution < 1.29 is 9.59 Å². The smallest absolute Gasteiger partial charge is 0.232 e. The Kier molecular flexibility index (Phi) is 4.96. The molecular weight excluding hydrogens is 260 g/mol. The van der Waals surface area contributed by atoms with Crippen molar-refractivity contribution >= 4 is 23.5 Å². The zero-order valence-electron chi connectivity index (χ0n) is 11.1. The van der Waals surface area contributed by atoms with E-state index >= 15 is 0 Å². The molecule has 1 amide bonds. The quantitative estimate of drug-likeness (QED) is 0.627. The lowest BCUT2D eigenvalue weighted by atomic mass is 10.1. The fourth-order valence-corrected chi connectivity index (χ4v) is 2.79. The van der Waals surface area contributed by atoms with Crippen molar-refractivity contribution in [3.05, 3.63) is 23.9 Å². The Labute approximate surface area is 117 Å². The third kappa shape index (κ3) is 4.06. The molecule has 1 aromatic rings. The number of aromatic nitrogens is 1. The van der Waals surface area contributed by atoms with E-state index in [-0.39, 0.29) is 11.7 Å². The van der Waals surface area contributed by atoms with Crippen LogP contribution in [0.4, 0.5) is 0 Å². The van der Waals surface area contributed by atoms with Crippen LogP contribution in [-0.2, 0) is 4.79 Å². The number of ketones is 1. The summed E-state index contributed by atoms with van der Waals surface area (Å²) in [6.45, 7) is 3.29. The van der Waals surface area contributed by atoms with Crippen LogP contribution in [0.15, 0.2) is 23.4 Å². The summed E-state index contributed by atoms with van der Waals surface area (Å²) >= 11 is 1.43. The summed E-state index contributed by atoms with van der Waals surface area (Å²) < 4.78 is 0. The second-order valence-electron chi connectivity index (χ2n) is 4.67. The van der Waals surface area contributed by atoms with Crippen LogP contribution in [0, 0.1) is 0 Å². The molecule has 0 aromatic carbocycles. The summed E-state index contributed by atoms with van der Waals surface area (Å²) in [6, 6.07) is 3.55. The second kappa shape index (κ2) is 6.70. The van der Waals surface area contributed by atoms with Crippen molar-refractivity contribution in [3.63, 3.8) is 0 Å². The van der Waals surface area contributed by atoms with Gasteiger partial charge in [0.1, 0.15) is 0 Å². The Balaban J connectivity index is 1.84. The van der Waals surface area contributed by atoms with Crippen molar-refractivity contribution in [1.29, 1.82) is 0 Å². The summed E-state index contributed by atoms with van der Waals surface area (Å²) in [6.07, 6.45) is 5.02. The second-order valence-corrected chi connectivity index (χ2v) is 5.67. The monoisotopic (exact) mass is 278 g/mol. The molecule has 0 radical (unpaired) electrons. The van der Waals surface area contributed by atoms with Gasteiger partial charge in [0.15, 0.2) is 5.78 Å². The molecule has 0 atom stereocenters. The van der Waals surface area contributed by atoms with E-state index in [9.17, 15) is 9.59 Å². The molecule has 102 valence electrons. The molecule has 19 heavy (non-hydrogen) atoms. The summed E-state index contributed by atoms with van der Waals surface area (Å²) in [5.41, 5.74) is 0.603. The highest BCUT2D eigenvalue weighted by atomic mass is 32.2. The molecule has 0 aliphatic carbocycles. The van der Waals surface area contributed by atoms with Crippen molar-refractivity contribution in [2.75, 3.05) is 18.8 Å². The number of Topliss-reactive ketones (excluding diaryl/α,β-unsaturated/α-hetero) is 1. The zero-order valence-corrected chi connectivity index (χ0v) is 11.9. The Hall–Kier alpha value is -1.36. The van der Waals surface area contributed by atoms with E-state index in [0.717, 1.165) is 31.0 Å². The number of likely N-dealkylation sites (tertiary alicyclic amines) is 1. The Morgan fingerprint density at radius 1 is 1.26 bits per heavy atom. The number of hydrogen-bond acceptors (Lipinski definition) is 4. The molecule has 1 aromatic heterocycles. The van der Waals surface area contributed by atoms with Crippen LogP contribution in [0.25, 0.3) is 0 Å². The SMILES string of the molecule is CC(=O)c1ccc(SCC(=O)N2CCCCC2)nc1. The van der Waals surface area contributed by atoms with E-state index in [1.54, 1.807) is 18.3 Å². The maximum absolute atomic E-state index is 12.0. The summed E-state index contributed by atoms with van der Waals surface area (Å²) in [5, 5.41) is 0.787. The lowest BCUT2D eigenvalue weighted by Gasteiger charge is -2.26. The van der Waals surface area contributed by atoms with Crippen LogP contribution in [0.5, 0.6) is 0 Å². The van der Waals surface area contributed by atoms with E-state index in [4.69, 9.17) is 0 Å². The molecule has 2 heterocycles. The largest absolute Gasteiger partial charge is 0.342 e. The van der Waals surface area contributed by atoms with Crippen LogP contribution >= 0.6 is 11.8 Å². The van der Waals surface area contributed by atoms with Crippen LogP contribution in [-0.4, -0.2) is 40.4 Å². The number of piperidine rings is 1. The first kappa shape index (κ1) is 14.1. The highest BCUT2D eigenvalue weighted by Gasteiger charge is 2.16. The number of hydrogen-bond donors (Lipinski definition) is 0. The number of pyridine rings is 1. The lowest BCUT2D eigenvalue weighted by molar-refractivity contribution is -0.129. The first-order valence-electron chi connectivity index (χ1n) is 6.54. The van der Waals surface area contributed by atoms with Gasteiger partial charge in [-0.25, -0.2) is 4.98 Å². The highest BCUT2D eigenvalue weighted by molar-refractivity contribution is 7.99. The van der Waals surface area contributed by atoms with Crippen LogP contribution < -0.4 is 0 Å². The molecule has 0 unspecified atom stereocenters. The molecule has 2 rings (SSSR count). The molecule has 1 aliphatic rings. The molecule has 1 saturated heterocycles. The van der Waals surface area contributed by atoms with Gasteiger partial charge in [-0.3, -0.25) is 9.59 Å². The fraction of sp³-hybridized carbons (Fsp3) is 0.500. The molecule has 0 N–H and O–H groups in total. The minimum Gasteiger partial charge on any atom is -0.342 e. The third-order valence-electron chi connectivity index (χ3n) is 3.20. The molecule has 0 bridgehead atoms. The average Bonchev–Trinajstić information content (AvgIpc) is 2.46. The van der Waals surface area contributed by atoms with Gasteiger partial charge in [0.25, 0.3) is 0 Å². The van der Waals surface area contributed by atoms with Crippen molar-refractivity contribution in [2.45, 2.75) is 31.2 Å². The number of carbonyl (C=O) groups is 2. The molecule has 0 spiro atoms. The van der Waals surface area contributed by atoms with Gasteiger partial charge in [0.05, 0.1) is 10.8 Å². The van der Waals surface area contributed by atoms with Crippen molar-refractivity contribution in [3.8, 4) is 0 Å². The Morgan fingerprint density at radius 2 is 2.00 bits per heavy atom. The van der Waals surface area contributed by atoms with E-state index in [1.165, 1.54) is 25.1 Å². The van der Waals surface area contributed by atoms with Crippen LogP contribution in [0.3, 0.4) is 0 Å². The van der Waals surface area contributed by atoms with Gasteiger partial charge in [-0.15, -0.1) is 0 Å². The van der Waals surface area contributed by atoms with E-state index in [2.05, 4.69) is 4.98 Å². The van der Waals surface area contributed by atoms with E-state index in [1.807, 2.05) is 4.90 Å². The topological polar surface area (TPSA) is 50.3 Å². The maximum atomic E-state index is 12.0. The predicted molar refractivity (Wildman–Crippen MR) is 75.4 cm³/mol. The van der Waals surface area contributed by atoms with Gasteiger partial charge in [-0.05, 0) is 38.3 Å². The Morgan fingerprint density at radius 3 is 2.58 bits per heavy atom. The maximum Gasteiger partial charge on any atom is 0.232 e. The summed E-state index contributed by atoms with van der Waals surface area (Å²) in [4.78, 5) is 29.2. The van der Waals surface area contributed by atoms with Gasteiger partial charge in [0, 0.05) is 24.8 Å². The minimum absolute atomic E-state index is 0.00782. The molecule has 1 fully saturated rings.